The summed E-state index contributed by atoms with van der Waals surface area (Å²) in [5.74, 6) is 0. The predicted molar refractivity (Wildman–Crippen MR) is 57.7 cm³/mol. The summed E-state index contributed by atoms with van der Waals surface area (Å²) >= 11 is 0. The summed E-state index contributed by atoms with van der Waals surface area (Å²) in [6, 6.07) is 0.124. The Morgan fingerprint density at radius 1 is 1.36 bits per heavy atom. The Morgan fingerprint density at radius 3 is 2.29 bits per heavy atom. The maximum absolute atomic E-state index is 12.0. The summed E-state index contributed by atoms with van der Waals surface area (Å²) in [7, 11) is -1.49. The van der Waals surface area contributed by atoms with Gasteiger partial charge in [0.2, 0.25) is 10.0 Å². The summed E-state index contributed by atoms with van der Waals surface area (Å²) in [4.78, 5) is 0. The first-order valence-corrected chi connectivity index (χ1v) is 6.39. The fourth-order valence-corrected chi connectivity index (χ4v) is 3.01. The van der Waals surface area contributed by atoms with Gasteiger partial charge in [-0.2, -0.15) is 0 Å². The van der Waals surface area contributed by atoms with E-state index in [-0.39, 0.29) is 6.04 Å². The van der Waals surface area contributed by atoms with Crippen LogP contribution in [0.3, 0.4) is 0 Å². The molecule has 14 heavy (non-hydrogen) atoms. The van der Waals surface area contributed by atoms with Crippen LogP contribution in [0.2, 0.25) is 0 Å². The van der Waals surface area contributed by atoms with Crippen molar-refractivity contribution in [2.24, 2.45) is 0 Å². The van der Waals surface area contributed by atoms with Crippen LogP contribution in [0.4, 0.5) is 0 Å². The van der Waals surface area contributed by atoms with Crippen molar-refractivity contribution in [3.05, 3.63) is 0 Å². The average molecular weight is 220 g/mol. The Labute approximate surface area is 86.7 Å². The summed E-state index contributed by atoms with van der Waals surface area (Å²) in [5, 5.41) is 3.17. The Bertz CT molecular complexity index is 286. The van der Waals surface area contributed by atoms with Crippen LogP contribution in [0.5, 0.6) is 0 Å². The van der Waals surface area contributed by atoms with Crippen LogP contribution in [-0.2, 0) is 10.0 Å². The maximum atomic E-state index is 12.0. The van der Waals surface area contributed by atoms with Crippen molar-refractivity contribution in [3.63, 3.8) is 0 Å². The van der Waals surface area contributed by atoms with Crippen molar-refractivity contribution in [2.45, 2.75) is 38.0 Å². The first-order valence-electron chi connectivity index (χ1n) is 4.95. The van der Waals surface area contributed by atoms with Crippen molar-refractivity contribution in [1.82, 2.24) is 9.62 Å². The third kappa shape index (κ3) is 2.10. The minimum atomic E-state index is -3.17. The van der Waals surface area contributed by atoms with Crippen molar-refractivity contribution < 1.29 is 8.42 Å². The van der Waals surface area contributed by atoms with Crippen LogP contribution in [0.15, 0.2) is 0 Å². The standard InChI is InChI=1S/C9H20N2O2S/c1-9(2,3)14(12,13)11(4)8-5-6-10-7-8/h8,10H,5-7H2,1-4H3. The highest BCUT2D eigenvalue weighted by Crippen LogP contribution is 2.22. The van der Waals surface area contributed by atoms with Gasteiger partial charge in [-0.25, -0.2) is 12.7 Å². The van der Waals surface area contributed by atoms with Crippen LogP contribution in [-0.4, -0.2) is 43.6 Å². The maximum Gasteiger partial charge on any atom is 0.219 e. The van der Waals surface area contributed by atoms with Gasteiger partial charge in [0.1, 0.15) is 0 Å². The molecule has 0 aromatic heterocycles. The third-order valence-corrected chi connectivity index (χ3v) is 5.31. The second-order valence-electron chi connectivity index (χ2n) is 4.78. The molecule has 0 bridgehead atoms. The topological polar surface area (TPSA) is 49.4 Å². The summed E-state index contributed by atoms with van der Waals surface area (Å²) in [6.07, 6.45) is 0.909. The molecule has 0 aliphatic carbocycles. The zero-order chi connectivity index (χ0) is 11.0. The molecule has 1 saturated heterocycles. The highest BCUT2D eigenvalue weighted by Gasteiger charge is 2.37. The van der Waals surface area contributed by atoms with E-state index >= 15 is 0 Å². The quantitative estimate of drug-likeness (QED) is 0.733. The fraction of sp³-hybridized carbons (Fsp3) is 1.00. The molecular weight excluding hydrogens is 200 g/mol. The van der Waals surface area contributed by atoms with Crippen molar-refractivity contribution >= 4 is 10.0 Å². The zero-order valence-electron chi connectivity index (χ0n) is 9.37. The molecule has 1 aliphatic rings. The van der Waals surface area contributed by atoms with E-state index < -0.39 is 14.8 Å². The third-order valence-electron chi connectivity index (χ3n) is 2.70. The Hall–Kier alpha value is -0.130. The number of likely N-dealkylation sites (N-methyl/N-ethyl adjacent to an activating group) is 1. The van der Waals surface area contributed by atoms with Crippen LogP contribution in [0.1, 0.15) is 27.2 Å². The van der Waals surface area contributed by atoms with Gasteiger partial charge in [-0.15, -0.1) is 0 Å². The SMILES string of the molecule is CN(C1CCNC1)S(=O)(=O)C(C)(C)C. The van der Waals surface area contributed by atoms with Gasteiger partial charge in [0, 0.05) is 19.6 Å². The Kier molecular flexibility index (Phi) is 3.23. The van der Waals surface area contributed by atoms with E-state index in [0.29, 0.717) is 0 Å². The number of sulfonamides is 1. The van der Waals surface area contributed by atoms with Gasteiger partial charge in [-0.05, 0) is 33.7 Å². The molecule has 0 spiro atoms. The second kappa shape index (κ2) is 3.79. The van der Waals surface area contributed by atoms with Crippen molar-refractivity contribution in [2.75, 3.05) is 20.1 Å². The Morgan fingerprint density at radius 2 is 1.93 bits per heavy atom. The summed E-state index contributed by atoms with van der Waals surface area (Å²) in [5.41, 5.74) is 0. The lowest BCUT2D eigenvalue weighted by molar-refractivity contribution is 0.374. The molecule has 0 saturated carbocycles. The molecule has 1 aliphatic heterocycles. The number of hydrogen-bond donors (Lipinski definition) is 1. The normalized spacial score (nSPS) is 24.5. The van der Waals surface area contributed by atoms with E-state index in [1.165, 1.54) is 4.31 Å². The summed E-state index contributed by atoms with van der Waals surface area (Å²) in [6.45, 7) is 6.89. The second-order valence-corrected chi connectivity index (χ2v) is 7.53. The largest absolute Gasteiger partial charge is 0.315 e. The van der Waals surface area contributed by atoms with Gasteiger partial charge in [-0.1, -0.05) is 0 Å². The van der Waals surface area contributed by atoms with E-state index in [2.05, 4.69) is 5.32 Å². The lowest BCUT2D eigenvalue weighted by atomic mass is 10.3. The van der Waals surface area contributed by atoms with Gasteiger partial charge in [-0.3, -0.25) is 0 Å². The van der Waals surface area contributed by atoms with Gasteiger partial charge < -0.3 is 5.32 Å². The first-order chi connectivity index (χ1) is 6.27. The van der Waals surface area contributed by atoms with E-state index in [0.717, 1.165) is 19.5 Å². The smallest absolute Gasteiger partial charge is 0.219 e. The van der Waals surface area contributed by atoms with E-state index in [9.17, 15) is 8.42 Å². The highest BCUT2D eigenvalue weighted by molar-refractivity contribution is 7.90. The van der Waals surface area contributed by atoms with E-state index in [1.54, 1.807) is 27.8 Å². The minimum absolute atomic E-state index is 0.124. The van der Waals surface area contributed by atoms with Gasteiger partial charge in [0.05, 0.1) is 4.75 Å². The average Bonchev–Trinajstić information content (AvgIpc) is 2.52. The van der Waals surface area contributed by atoms with Crippen LogP contribution in [0.25, 0.3) is 0 Å². The molecule has 5 heteroatoms. The molecule has 0 aromatic carbocycles. The molecular formula is C9H20N2O2S. The zero-order valence-corrected chi connectivity index (χ0v) is 10.2. The molecule has 1 atom stereocenters. The minimum Gasteiger partial charge on any atom is -0.315 e. The molecule has 1 heterocycles. The van der Waals surface area contributed by atoms with Crippen LogP contribution >= 0.6 is 0 Å². The van der Waals surface area contributed by atoms with E-state index in [1.807, 2.05) is 0 Å². The molecule has 0 aromatic rings. The number of rotatable bonds is 2. The van der Waals surface area contributed by atoms with Crippen molar-refractivity contribution in [1.29, 1.82) is 0 Å². The first kappa shape index (κ1) is 11.9. The highest BCUT2D eigenvalue weighted by atomic mass is 32.2. The van der Waals surface area contributed by atoms with E-state index in [4.69, 9.17) is 0 Å². The number of hydrogen-bond acceptors (Lipinski definition) is 3. The molecule has 1 N–H and O–H groups in total. The lowest BCUT2D eigenvalue weighted by Gasteiger charge is -2.30. The number of nitrogens with zero attached hydrogens (tertiary/aromatic N) is 1. The Balaban J connectivity index is 2.82. The van der Waals surface area contributed by atoms with Gasteiger partial charge >= 0.3 is 0 Å². The molecule has 84 valence electrons. The predicted octanol–water partition coefficient (Wildman–Crippen LogP) is 0.408. The fourth-order valence-electron chi connectivity index (χ4n) is 1.58. The monoisotopic (exact) mass is 220 g/mol. The van der Waals surface area contributed by atoms with Crippen molar-refractivity contribution in [3.8, 4) is 0 Å². The van der Waals surface area contributed by atoms with Gasteiger partial charge in [0.15, 0.2) is 0 Å². The summed E-state index contributed by atoms with van der Waals surface area (Å²) < 4.78 is 24.9. The molecule has 1 rings (SSSR count). The molecule has 0 amide bonds. The molecule has 0 radical (unpaired) electrons. The molecule has 4 nitrogen and oxygen atoms in total. The number of nitrogens with one attached hydrogen (secondary N) is 1. The molecule has 1 unspecified atom stereocenters. The lowest BCUT2D eigenvalue weighted by Crippen LogP contribution is -2.46. The molecule has 1 fully saturated rings. The van der Waals surface area contributed by atoms with Gasteiger partial charge in [0.25, 0.3) is 0 Å². The van der Waals surface area contributed by atoms with Crippen LogP contribution < -0.4 is 5.32 Å². The van der Waals surface area contributed by atoms with Crippen LogP contribution in [0, 0.1) is 0 Å².